The lowest BCUT2D eigenvalue weighted by Gasteiger charge is -2.24. The maximum atomic E-state index is 12.6. The van der Waals surface area contributed by atoms with Crippen LogP contribution in [0.5, 0.6) is 5.75 Å². The standard InChI is InChI=1S/C15H17NO5/c17-14(12-6-7-13(21-12)15(18)19)16-8-3-9-20-11-5-2-1-4-10(11)16/h1-2,4-5,12-13H,3,6-9H2,(H,18,19)/t12-,13+/m0/s1. The number of hydrogen-bond acceptors (Lipinski definition) is 4. The molecule has 2 heterocycles. The second kappa shape index (κ2) is 5.73. The van der Waals surface area contributed by atoms with Crippen LogP contribution >= 0.6 is 0 Å². The highest BCUT2D eigenvalue weighted by molar-refractivity contribution is 5.98. The molecule has 0 spiro atoms. The Hall–Kier alpha value is -2.08. The predicted molar refractivity (Wildman–Crippen MR) is 74.4 cm³/mol. The Morgan fingerprint density at radius 1 is 1.19 bits per heavy atom. The summed E-state index contributed by atoms with van der Waals surface area (Å²) in [4.78, 5) is 25.2. The minimum Gasteiger partial charge on any atom is -0.491 e. The summed E-state index contributed by atoms with van der Waals surface area (Å²) in [5.41, 5.74) is 0.724. The zero-order chi connectivity index (χ0) is 14.8. The minimum absolute atomic E-state index is 0.184. The van der Waals surface area contributed by atoms with Gasteiger partial charge in [-0.05, 0) is 31.4 Å². The zero-order valence-electron chi connectivity index (χ0n) is 11.5. The number of carbonyl (C=O) groups is 2. The second-order valence-corrected chi connectivity index (χ2v) is 5.19. The van der Waals surface area contributed by atoms with Crippen LogP contribution in [0, 0.1) is 0 Å². The Bertz CT molecular complexity index is 559. The molecule has 1 N–H and O–H groups in total. The molecule has 6 nitrogen and oxygen atoms in total. The summed E-state index contributed by atoms with van der Waals surface area (Å²) in [5.74, 6) is -0.516. The number of amides is 1. The maximum Gasteiger partial charge on any atom is 0.332 e. The summed E-state index contributed by atoms with van der Waals surface area (Å²) in [7, 11) is 0. The van der Waals surface area contributed by atoms with Gasteiger partial charge in [0.1, 0.15) is 11.9 Å². The number of rotatable bonds is 2. The third-order valence-corrected chi connectivity index (χ3v) is 3.78. The molecule has 2 atom stereocenters. The van der Waals surface area contributed by atoms with Crippen LogP contribution in [0.2, 0.25) is 0 Å². The Kier molecular flexibility index (Phi) is 3.79. The van der Waals surface area contributed by atoms with Crippen molar-refractivity contribution in [1.82, 2.24) is 0 Å². The van der Waals surface area contributed by atoms with E-state index in [0.29, 0.717) is 31.7 Å². The highest BCUT2D eigenvalue weighted by atomic mass is 16.5. The van der Waals surface area contributed by atoms with Crippen molar-refractivity contribution in [2.45, 2.75) is 31.5 Å². The van der Waals surface area contributed by atoms with Crippen LogP contribution < -0.4 is 9.64 Å². The molecular weight excluding hydrogens is 274 g/mol. The quantitative estimate of drug-likeness (QED) is 0.892. The van der Waals surface area contributed by atoms with E-state index in [1.54, 1.807) is 4.90 Å². The van der Waals surface area contributed by atoms with Crippen LogP contribution in [-0.2, 0) is 14.3 Å². The lowest BCUT2D eigenvalue weighted by molar-refractivity contribution is -0.151. The monoisotopic (exact) mass is 291 g/mol. The van der Waals surface area contributed by atoms with E-state index in [1.807, 2.05) is 24.3 Å². The van der Waals surface area contributed by atoms with Gasteiger partial charge < -0.3 is 19.5 Å². The number of carboxylic acid groups (broad SMARTS) is 1. The first-order chi connectivity index (χ1) is 10.2. The van der Waals surface area contributed by atoms with Gasteiger partial charge in [-0.25, -0.2) is 4.79 Å². The number of benzene rings is 1. The summed E-state index contributed by atoms with van der Waals surface area (Å²) in [6.07, 6.45) is -0.0163. The van der Waals surface area contributed by atoms with Gasteiger partial charge in [0.25, 0.3) is 5.91 Å². The zero-order valence-corrected chi connectivity index (χ0v) is 11.5. The summed E-state index contributed by atoms with van der Waals surface area (Å²) in [6.45, 7) is 1.11. The summed E-state index contributed by atoms with van der Waals surface area (Å²) in [6, 6.07) is 7.38. The molecule has 2 aliphatic heterocycles. The molecule has 0 radical (unpaired) electrons. The van der Waals surface area contributed by atoms with Crippen LogP contribution in [0.25, 0.3) is 0 Å². The van der Waals surface area contributed by atoms with Gasteiger partial charge in [0.15, 0.2) is 6.10 Å². The van der Waals surface area contributed by atoms with Crippen molar-refractivity contribution in [2.75, 3.05) is 18.1 Å². The third-order valence-electron chi connectivity index (χ3n) is 3.78. The first-order valence-corrected chi connectivity index (χ1v) is 7.08. The van der Waals surface area contributed by atoms with Gasteiger partial charge in [0.2, 0.25) is 0 Å². The molecule has 1 saturated heterocycles. The SMILES string of the molecule is O=C(O)[C@H]1CC[C@@H](C(=O)N2CCCOc3ccccc32)O1. The number of carbonyl (C=O) groups excluding carboxylic acids is 1. The van der Waals surface area contributed by atoms with Crippen LogP contribution in [-0.4, -0.2) is 42.3 Å². The van der Waals surface area contributed by atoms with Crippen LogP contribution in [0.3, 0.4) is 0 Å². The molecule has 0 aliphatic carbocycles. The van der Waals surface area contributed by atoms with Crippen LogP contribution in [0.1, 0.15) is 19.3 Å². The van der Waals surface area contributed by atoms with Crippen molar-refractivity contribution in [3.05, 3.63) is 24.3 Å². The molecule has 0 aromatic heterocycles. The normalized spacial score (nSPS) is 24.9. The van der Waals surface area contributed by atoms with Crippen molar-refractivity contribution < 1.29 is 24.2 Å². The molecule has 1 amide bonds. The molecule has 0 unspecified atom stereocenters. The Morgan fingerprint density at radius 2 is 1.95 bits per heavy atom. The van der Waals surface area contributed by atoms with Crippen molar-refractivity contribution in [3.63, 3.8) is 0 Å². The number of ether oxygens (including phenoxy) is 2. The molecule has 112 valence electrons. The maximum absolute atomic E-state index is 12.6. The smallest absolute Gasteiger partial charge is 0.332 e. The summed E-state index contributed by atoms with van der Waals surface area (Å²) in [5, 5.41) is 8.96. The van der Waals surface area contributed by atoms with E-state index in [0.717, 1.165) is 12.1 Å². The first-order valence-electron chi connectivity index (χ1n) is 7.08. The van der Waals surface area contributed by atoms with Gasteiger partial charge in [-0.2, -0.15) is 0 Å². The molecule has 3 rings (SSSR count). The molecule has 1 aromatic carbocycles. The number of anilines is 1. The fourth-order valence-corrected chi connectivity index (χ4v) is 2.73. The second-order valence-electron chi connectivity index (χ2n) is 5.19. The van der Waals surface area contributed by atoms with Gasteiger partial charge >= 0.3 is 5.97 Å². The molecule has 0 bridgehead atoms. The van der Waals surface area contributed by atoms with Gasteiger partial charge in [-0.15, -0.1) is 0 Å². The average Bonchev–Trinajstić information content (AvgIpc) is 2.88. The predicted octanol–water partition coefficient (Wildman–Crippen LogP) is 1.43. The van der Waals surface area contributed by atoms with Crippen molar-refractivity contribution in [3.8, 4) is 5.75 Å². The van der Waals surface area contributed by atoms with E-state index in [-0.39, 0.29) is 5.91 Å². The van der Waals surface area contributed by atoms with Gasteiger partial charge in [-0.3, -0.25) is 4.79 Å². The average molecular weight is 291 g/mol. The van der Waals surface area contributed by atoms with Gasteiger partial charge in [0.05, 0.1) is 12.3 Å². The van der Waals surface area contributed by atoms with E-state index in [2.05, 4.69) is 0 Å². The Morgan fingerprint density at radius 3 is 2.71 bits per heavy atom. The van der Waals surface area contributed by atoms with Crippen molar-refractivity contribution >= 4 is 17.6 Å². The fourth-order valence-electron chi connectivity index (χ4n) is 2.73. The number of carboxylic acids is 1. The van der Waals surface area contributed by atoms with E-state index >= 15 is 0 Å². The Balaban J connectivity index is 1.80. The van der Waals surface area contributed by atoms with Crippen molar-refractivity contribution in [2.24, 2.45) is 0 Å². The summed E-state index contributed by atoms with van der Waals surface area (Å²) >= 11 is 0. The van der Waals surface area contributed by atoms with Gasteiger partial charge in [0, 0.05) is 6.54 Å². The fraction of sp³-hybridized carbons (Fsp3) is 0.467. The largest absolute Gasteiger partial charge is 0.491 e. The summed E-state index contributed by atoms with van der Waals surface area (Å²) < 4.78 is 11.0. The lowest BCUT2D eigenvalue weighted by Crippen LogP contribution is -2.40. The highest BCUT2D eigenvalue weighted by Crippen LogP contribution is 2.32. The molecule has 6 heteroatoms. The van der Waals surface area contributed by atoms with Crippen LogP contribution in [0.4, 0.5) is 5.69 Å². The van der Waals surface area contributed by atoms with E-state index in [9.17, 15) is 9.59 Å². The van der Waals surface area contributed by atoms with E-state index in [1.165, 1.54) is 0 Å². The Labute approximate surface area is 122 Å². The highest BCUT2D eigenvalue weighted by Gasteiger charge is 2.38. The first kappa shape index (κ1) is 13.9. The number of aliphatic carboxylic acids is 1. The molecule has 2 aliphatic rings. The lowest BCUT2D eigenvalue weighted by atomic mass is 10.1. The molecule has 21 heavy (non-hydrogen) atoms. The molecular formula is C15H17NO5. The molecule has 1 aromatic rings. The number of nitrogens with zero attached hydrogens (tertiary/aromatic N) is 1. The topological polar surface area (TPSA) is 76.1 Å². The minimum atomic E-state index is -1.01. The van der Waals surface area contributed by atoms with Gasteiger partial charge in [-0.1, -0.05) is 12.1 Å². The number of hydrogen-bond donors (Lipinski definition) is 1. The molecule has 0 saturated carbocycles. The number of fused-ring (bicyclic) bond motifs is 1. The third kappa shape index (κ3) is 2.71. The van der Waals surface area contributed by atoms with E-state index < -0.39 is 18.2 Å². The molecule has 1 fully saturated rings. The van der Waals surface area contributed by atoms with E-state index in [4.69, 9.17) is 14.6 Å². The van der Waals surface area contributed by atoms with Crippen molar-refractivity contribution in [1.29, 1.82) is 0 Å². The van der Waals surface area contributed by atoms with Crippen LogP contribution in [0.15, 0.2) is 24.3 Å². The number of para-hydroxylation sites is 2.